The Morgan fingerprint density at radius 3 is 2.26 bits per heavy atom. The van der Waals surface area contributed by atoms with E-state index in [0.29, 0.717) is 38.8 Å². The molecule has 192 valence electrons. The standard InChI is InChI=1S/C22H30F4N2O5S/c1-15(22(24,25)26)33-21(29)28-11-9-27(10-12-28)17-5-3-16(4-6-17)14-32-20-8-7-18(13-19(20)23)34(2,30)31/h7-8,13,15-17H,3-6,9-12,14H2,1-2H3/t15-,16-,17-/m0/s1. The summed E-state index contributed by atoms with van der Waals surface area (Å²) in [4.78, 5) is 15.4. The van der Waals surface area contributed by atoms with Gasteiger partial charge in [0.2, 0.25) is 0 Å². The molecule has 1 saturated carbocycles. The van der Waals surface area contributed by atoms with Gasteiger partial charge in [0.05, 0.1) is 11.5 Å². The summed E-state index contributed by atoms with van der Waals surface area (Å²) in [6.45, 7) is 2.91. The Kier molecular flexibility index (Phi) is 8.33. The van der Waals surface area contributed by atoms with Crippen molar-refractivity contribution in [1.29, 1.82) is 0 Å². The normalized spacial score (nSPS) is 23.4. The number of piperazine rings is 1. The Morgan fingerprint density at radius 2 is 1.74 bits per heavy atom. The van der Waals surface area contributed by atoms with Crippen molar-refractivity contribution in [3.63, 3.8) is 0 Å². The van der Waals surface area contributed by atoms with Crippen LogP contribution in [0.25, 0.3) is 0 Å². The number of sulfone groups is 1. The minimum Gasteiger partial charge on any atom is -0.490 e. The summed E-state index contributed by atoms with van der Waals surface area (Å²) in [6.07, 6.45) is -3.09. The molecule has 1 aromatic rings. The van der Waals surface area contributed by atoms with Gasteiger partial charge in [0.25, 0.3) is 0 Å². The van der Waals surface area contributed by atoms with Crippen molar-refractivity contribution in [3.8, 4) is 5.75 Å². The van der Waals surface area contributed by atoms with Crippen molar-refractivity contribution in [2.45, 2.75) is 55.8 Å². The van der Waals surface area contributed by atoms with Crippen molar-refractivity contribution in [2.24, 2.45) is 5.92 Å². The van der Waals surface area contributed by atoms with Gasteiger partial charge in [-0.1, -0.05) is 0 Å². The highest BCUT2D eigenvalue weighted by Crippen LogP contribution is 2.30. The van der Waals surface area contributed by atoms with Crippen LogP contribution in [0.3, 0.4) is 0 Å². The van der Waals surface area contributed by atoms with Crippen LogP contribution >= 0.6 is 0 Å². The highest BCUT2D eigenvalue weighted by molar-refractivity contribution is 7.90. The van der Waals surface area contributed by atoms with Crippen LogP contribution in [0.2, 0.25) is 0 Å². The van der Waals surface area contributed by atoms with Gasteiger partial charge < -0.3 is 14.4 Å². The smallest absolute Gasteiger partial charge is 0.425 e. The average molecular weight is 511 g/mol. The summed E-state index contributed by atoms with van der Waals surface area (Å²) in [6, 6.07) is 3.93. The molecule has 0 bridgehead atoms. The van der Waals surface area contributed by atoms with E-state index in [1.54, 1.807) is 0 Å². The van der Waals surface area contributed by atoms with Crippen molar-refractivity contribution in [3.05, 3.63) is 24.0 Å². The molecule has 2 fully saturated rings. The maximum Gasteiger partial charge on any atom is 0.425 e. The maximum atomic E-state index is 14.2. The van der Waals surface area contributed by atoms with Gasteiger partial charge in [0, 0.05) is 38.5 Å². The number of benzene rings is 1. The van der Waals surface area contributed by atoms with Crippen LogP contribution in [0.4, 0.5) is 22.4 Å². The molecule has 1 aromatic carbocycles. The Labute approximate surface area is 196 Å². The minimum absolute atomic E-state index is 0.0253. The molecule has 3 rings (SSSR count). The molecule has 0 spiro atoms. The summed E-state index contributed by atoms with van der Waals surface area (Å²) in [7, 11) is -3.49. The van der Waals surface area contributed by atoms with Crippen molar-refractivity contribution in [1.82, 2.24) is 9.80 Å². The summed E-state index contributed by atoms with van der Waals surface area (Å²) in [5.74, 6) is -0.444. The molecule has 1 aliphatic heterocycles. The zero-order chi connectivity index (χ0) is 25.1. The van der Waals surface area contributed by atoms with Crippen LogP contribution in [0.5, 0.6) is 5.75 Å². The highest BCUT2D eigenvalue weighted by atomic mass is 32.2. The van der Waals surface area contributed by atoms with Crippen LogP contribution in [0.15, 0.2) is 23.1 Å². The second kappa shape index (κ2) is 10.7. The lowest BCUT2D eigenvalue weighted by atomic mass is 9.85. The molecule has 0 aromatic heterocycles. The predicted octanol–water partition coefficient (Wildman–Crippen LogP) is 3.87. The molecule has 0 N–H and O–H groups in total. The molecular weight excluding hydrogens is 480 g/mol. The largest absolute Gasteiger partial charge is 0.490 e. The van der Waals surface area contributed by atoms with E-state index in [0.717, 1.165) is 44.9 Å². The molecule has 2 aliphatic rings. The van der Waals surface area contributed by atoms with Gasteiger partial charge in [-0.3, -0.25) is 4.90 Å². The first-order chi connectivity index (χ1) is 15.8. The Balaban J connectivity index is 1.40. The Morgan fingerprint density at radius 1 is 1.12 bits per heavy atom. The molecule has 0 unspecified atom stereocenters. The number of amides is 1. The van der Waals surface area contributed by atoms with Gasteiger partial charge in [-0.15, -0.1) is 0 Å². The number of hydrogen-bond acceptors (Lipinski definition) is 6. The quantitative estimate of drug-likeness (QED) is 0.541. The third-order valence-corrected chi connectivity index (χ3v) is 7.56. The van der Waals surface area contributed by atoms with E-state index in [1.807, 2.05) is 0 Å². The zero-order valence-corrected chi connectivity index (χ0v) is 20.0. The van der Waals surface area contributed by atoms with Gasteiger partial charge in [-0.2, -0.15) is 13.2 Å². The van der Waals surface area contributed by atoms with E-state index in [-0.39, 0.29) is 16.6 Å². The van der Waals surface area contributed by atoms with Crippen molar-refractivity contribution >= 4 is 15.9 Å². The molecule has 34 heavy (non-hydrogen) atoms. The predicted molar refractivity (Wildman–Crippen MR) is 116 cm³/mol. The van der Waals surface area contributed by atoms with E-state index >= 15 is 0 Å². The minimum atomic E-state index is -4.58. The monoisotopic (exact) mass is 510 g/mol. The number of ether oxygens (including phenoxy) is 2. The Bertz CT molecular complexity index is 957. The molecule has 1 heterocycles. The number of halogens is 4. The molecule has 1 amide bonds. The number of hydrogen-bond donors (Lipinski definition) is 0. The second-order valence-electron chi connectivity index (χ2n) is 8.94. The summed E-state index contributed by atoms with van der Waals surface area (Å²) in [5.41, 5.74) is 0. The lowest BCUT2D eigenvalue weighted by molar-refractivity contribution is -0.200. The fourth-order valence-electron chi connectivity index (χ4n) is 4.28. The average Bonchev–Trinajstić information content (AvgIpc) is 2.77. The lowest BCUT2D eigenvalue weighted by Gasteiger charge is -2.41. The van der Waals surface area contributed by atoms with Gasteiger partial charge in [0.15, 0.2) is 27.5 Å². The van der Waals surface area contributed by atoms with E-state index < -0.39 is 34.0 Å². The molecule has 7 nitrogen and oxygen atoms in total. The first kappa shape index (κ1) is 26.5. The number of rotatable bonds is 6. The van der Waals surface area contributed by atoms with Crippen LogP contribution in [-0.2, 0) is 14.6 Å². The van der Waals surface area contributed by atoms with E-state index in [1.165, 1.54) is 17.0 Å². The summed E-state index contributed by atoms with van der Waals surface area (Å²) in [5, 5.41) is 0. The SMILES string of the molecule is C[C@H](OC(=O)N1CCN([C@H]2CC[C@H](COc3ccc(S(C)(=O)=O)cc3F)CC2)CC1)C(F)(F)F. The number of carbonyl (C=O) groups excluding carboxylic acids is 1. The van der Waals surface area contributed by atoms with Gasteiger partial charge in [-0.05, 0) is 56.7 Å². The topological polar surface area (TPSA) is 76.2 Å². The molecule has 0 radical (unpaired) electrons. The van der Waals surface area contributed by atoms with Crippen LogP contribution in [0.1, 0.15) is 32.6 Å². The van der Waals surface area contributed by atoms with Crippen molar-refractivity contribution in [2.75, 3.05) is 39.0 Å². The van der Waals surface area contributed by atoms with E-state index in [9.17, 15) is 30.8 Å². The number of carbonyl (C=O) groups is 1. The van der Waals surface area contributed by atoms with E-state index in [4.69, 9.17) is 4.74 Å². The molecule has 1 aliphatic carbocycles. The highest BCUT2D eigenvalue weighted by Gasteiger charge is 2.40. The third-order valence-electron chi connectivity index (χ3n) is 6.45. The van der Waals surface area contributed by atoms with Gasteiger partial charge in [0.1, 0.15) is 0 Å². The molecule has 12 heteroatoms. The van der Waals surface area contributed by atoms with Crippen molar-refractivity contribution < 1.29 is 40.2 Å². The Hall–Kier alpha value is -2.08. The fraction of sp³-hybridized carbons (Fsp3) is 0.682. The molecule has 1 atom stereocenters. The first-order valence-corrected chi connectivity index (χ1v) is 13.1. The lowest BCUT2D eigenvalue weighted by Crippen LogP contribution is -2.53. The number of alkyl halides is 3. The zero-order valence-electron chi connectivity index (χ0n) is 19.2. The van der Waals surface area contributed by atoms with E-state index in [2.05, 4.69) is 9.64 Å². The third kappa shape index (κ3) is 6.97. The number of nitrogens with zero attached hydrogens (tertiary/aromatic N) is 2. The van der Waals surface area contributed by atoms with Gasteiger partial charge >= 0.3 is 12.3 Å². The molecular formula is C22H30F4N2O5S. The first-order valence-electron chi connectivity index (χ1n) is 11.2. The maximum absolute atomic E-state index is 14.2. The van der Waals surface area contributed by atoms with Crippen LogP contribution < -0.4 is 4.74 Å². The van der Waals surface area contributed by atoms with Crippen LogP contribution in [-0.4, -0.2) is 81.7 Å². The van der Waals surface area contributed by atoms with Gasteiger partial charge in [-0.25, -0.2) is 17.6 Å². The van der Waals surface area contributed by atoms with Crippen LogP contribution in [0, 0.1) is 11.7 Å². The summed E-state index contributed by atoms with van der Waals surface area (Å²) < 4.78 is 85.1. The summed E-state index contributed by atoms with van der Waals surface area (Å²) >= 11 is 0. The fourth-order valence-corrected chi connectivity index (χ4v) is 4.91. The second-order valence-corrected chi connectivity index (χ2v) is 11.0. The molecule has 1 saturated heterocycles.